The standard InChI is InChI=1S/C11H18N2OS/c1-8(11-6-15-7-12-11)13-9-3-4-10(5-9)14-2/h6-10,13H,3-5H2,1-2H3. The molecule has 2 rings (SSSR count). The van der Waals surface area contributed by atoms with E-state index in [2.05, 4.69) is 22.6 Å². The average Bonchev–Trinajstić information content (AvgIpc) is 2.87. The highest BCUT2D eigenvalue weighted by atomic mass is 32.1. The van der Waals surface area contributed by atoms with Crippen LogP contribution in [0, 0.1) is 0 Å². The summed E-state index contributed by atoms with van der Waals surface area (Å²) < 4.78 is 5.36. The van der Waals surface area contributed by atoms with E-state index >= 15 is 0 Å². The Balaban J connectivity index is 1.83. The Morgan fingerprint density at radius 2 is 2.47 bits per heavy atom. The number of hydrogen-bond acceptors (Lipinski definition) is 4. The van der Waals surface area contributed by atoms with Crippen molar-refractivity contribution in [3.8, 4) is 0 Å². The minimum atomic E-state index is 0.358. The molecule has 4 heteroatoms. The van der Waals surface area contributed by atoms with E-state index < -0.39 is 0 Å². The third kappa shape index (κ3) is 2.77. The first-order chi connectivity index (χ1) is 7.29. The van der Waals surface area contributed by atoms with Gasteiger partial charge in [-0.1, -0.05) is 0 Å². The molecule has 1 heterocycles. The van der Waals surface area contributed by atoms with Gasteiger partial charge >= 0.3 is 0 Å². The van der Waals surface area contributed by atoms with Gasteiger partial charge in [-0.05, 0) is 26.2 Å². The minimum Gasteiger partial charge on any atom is -0.381 e. The summed E-state index contributed by atoms with van der Waals surface area (Å²) in [6, 6.07) is 0.948. The van der Waals surface area contributed by atoms with Gasteiger partial charge in [0.25, 0.3) is 0 Å². The second-order valence-electron chi connectivity index (χ2n) is 4.17. The molecule has 0 spiro atoms. The molecule has 15 heavy (non-hydrogen) atoms. The minimum absolute atomic E-state index is 0.358. The van der Waals surface area contributed by atoms with Crippen LogP contribution in [0.25, 0.3) is 0 Å². The van der Waals surface area contributed by atoms with Crippen LogP contribution >= 0.6 is 11.3 Å². The maximum atomic E-state index is 5.36. The van der Waals surface area contributed by atoms with Gasteiger partial charge in [0.15, 0.2) is 0 Å². The van der Waals surface area contributed by atoms with Crippen LogP contribution in [-0.4, -0.2) is 24.2 Å². The molecule has 3 atom stereocenters. The van der Waals surface area contributed by atoms with E-state index in [0.29, 0.717) is 18.2 Å². The zero-order valence-corrected chi connectivity index (χ0v) is 10.1. The van der Waals surface area contributed by atoms with E-state index in [0.717, 1.165) is 12.1 Å². The first-order valence-corrected chi connectivity index (χ1v) is 6.41. The molecule has 1 aromatic heterocycles. The lowest BCUT2D eigenvalue weighted by Crippen LogP contribution is -2.30. The van der Waals surface area contributed by atoms with Crippen LogP contribution in [0.5, 0.6) is 0 Å². The van der Waals surface area contributed by atoms with E-state index in [1.54, 1.807) is 18.4 Å². The van der Waals surface area contributed by atoms with Gasteiger partial charge < -0.3 is 10.1 Å². The summed E-state index contributed by atoms with van der Waals surface area (Å²) in [7, 11) is 1.80. The molecule has 0 aromatic carbocycles. The molecular weight excluding hydrogens is 208 g/mol. The monoisotopic (exact) mass is 226 g/mol. The second-order valence-corrected chi connectivity index (χ2v) is 4.89. The van der Waals surface area contributed by atoms with Gasteiger partial charge in [0.1, 0.15) is 0 Å². The van der Waals surface area contributed by atoms with Crippen LogP contribution in [0.15, 0.2) is 10.9 Å². The Kier molecular flexibility index (Phi) is 3.72. The summed E-state index contributed by atoms with van der Waals surface area (Å²) in [5.74, 6) is 0. The number of nitrogens with zero attached hydrogens (tertiary/aromatic N) is 1. The van der Waals surface area contributed by atoms with Crippen LogP contribution in [0.3, 0.4) is 0 Å². The van der Waals surface area contributed by atoms with Gasteiger partial charge in [0.05, 0.1) is 17.3 Å². The van der Waals surface area contributed by atoms with E-state index in [-0.39, 0.29) is 0 Å². The molecule has 1 aromatic rings. The zero-order chi connectivity index (χ0) is 10.7. The van der Waals surface area contributed by atoms with Crippen molar-refractivity contribution in [1.29, 1.82) is 0 Å². The fourth-order valence-corrected chi connectivity index (χ4v) is 2.83. The van der Waals surface area contributed by atoms with Crippen LogP contribution < -0.4 is 5.32 Å². The molecule has 0 saturated heterocycles. The van der Waals surface area contributed by atoms with Gasteiger partial charge in [0.2, 0.25) is 0 Å². The summed E-state index contributed by atoms with van der Waals surface area (Å²) in [5, 5.41) is 5.72. The molecule has 1 aliphatic rings. The quantitative estimate of drug-likeness (QED) is 0.856. The van der Waals surface area contributed by atoms with Crippen LogP contribution in [0.4, 0.5) is 0 Å². The molecule has 1 N–H and O–H groups in total. The number of rotatable bonds is 4. The van der Waals surface area contributed by atoms with Crippen molar-refractivity contribution in [1.82, 2.24) is 10.3 Å². The largest absolute Gasteiger partial charge is 0.381 e. The molecule has 3 unspecified atom stereocenters. The SMILES string of the molecule is COC1CCC(NC(C)c2cscn2)C1. The van der Waals surface area contributed by atoms with E-state index in [4.69, 9.17) is 4.74 Å². The Morgan fingerprint density at radius 3 is 3.07 bits per heavy atom. The molecule has 0 aliphatic heterocycles. The van der Waals surface area contributed by atoms with Gasteiger partial charge in [-0.3, -0.25) is 0 Å². The Morgan fingerprint density at radius 1 is 1.60 bits per heavy atom. The molecule has 84 valence electrons. The van der Waals surface area contributed by atoms with Gasteiger partial charge in [0, 0.05) is 24.6 Å². The van der Waals surface area contributed by atoms with Crippen molar-refractivity contribution in [3.05, 3.63) is 16.6 Å². The third-order valence-corrected chi connectivity index (χ3v) is 3.70. The van der Waals surface area contributed by atoms with Crippen molar-refractivity contribution in [3.63, 3.8) is 0 Å². The van der Waals surface area contributed by atoms with Crippen LogP contribution in [-0.2, 0) is 4.74 Å². The Hall–Kier alpha value is -0.450. The van der Waals surface area contributed by atoms with E-state index in [1.165, 1.54) is 12.8 Å². The first kappa shape index (κ1) is 11.0. The average molecular weight is 226 g/mol. The summed E-state index contributed by atoms with van der Waals surface area (Å²) in [6.07, 6.45) is 3.97. The number of hydrogen-bond donors (Lipinski definition) is 1. The summed E-state index contributed by atoms with van der Waals surface area (Å²) in [4.78, 5) is 4.32. The molecule has 1 fully saturated rings. The number of methoxy groups -OCH3 is 1. The lowest BCUT2D eigenvalue weighted by Gasteiger charge is -2.17. The normalized spacial score (nSPS) is 28.1. The Bertz CT molecular complexity index is 289. The van der Waals surface area contributed by atoms with E-state index in [1.807, 2.05) is 5.51 Å². The van der Waals surface area contributed by atoms with Gasteiger partial charge in [-0.2, -0.15) is 0 Å². The molecule has 0 radical (unpaired) electrons. The molecule has 0 bridgehead atoms. The molecule has 3 nitrogen and oxygen atoms in total. The van der Waals surface area contributed by atoms with Gasteiger partial charge in [-0.15, -0.1) is 11.3 Å². The number of ether oxygens (including phenoxy) is 1. The highest BCUT2D eigenvalue weighted by molar-refractivity contribution is 7.07. The van der Waals surface area contributed by atoms with Gasteiger partial charge in [-0.25, -0.2) is 4.98 Å². The first-order valence-electron chi connectivity index (χ1n) is 5.46. The van der Waals surface area contributed by atoms with Crippen molar-refractivity contribution < 1.29 is 4.74 Å². The van der Waals surface area contributed by atoms with Crippen molar-refractivity contribution in [2.24, 2.45) is 0 Å². The zero-order valence-electron chi connectivity index (χ0n) is 9.27. The summed E-state index contributed by atoms with van der Waals surface area (Å²) in [5.41, 5.74) is 3.04. The summed E-state index contributed by atoms with van der Waals surface area (Å²) in [6.45, 7) is 2.18. The fourth-order valence-electron chi connectivity index (χ4n) is 2.18. The smallest absolute Gasteiger partial charge is 0.0795 e. The molecule has 1 saturated carbocycles. The lowest BCUT2D eigenvalue weighted by molar-refractivity contribution is 0.106. The van der Waals surface area contributed by atoms with Crippen molar-refractivity contribution in [2.45, 2.75) is 44.4 Å². The summed E-state index contributed by atoms with van der Waals surface area (Å²) >= 11 is 1.66. The topological polar surface area (TPSA) is 34.1 Å². The van der Waals surface area contributed by atoms with Crippen molar-refractivity contribution in [2.75, 3.05) is 7.11 Å². The highest BCUT2D eigenvalue weighted by Crippen LogP contribution is 2.24. The lowest BCUT2D eigenvalue weighted by atomic mass is 10.2. The van der Waals surface area contributed by atoms with Crippen LogP contribution in [0.1, 0.15) is 37.9 Å². The predicted molar refractivity (Wildman–Crippen MR) is 62.1 cm³/mol. The molecule has 1 aliphatic carbocycles. The molecular formula is C11H18N2OS. The van der Waals surface area contributed by atoms with Crippen molar-refractivity contribution >= 4 is 11.3 Å². The second kappa shape index (κ2) is 5.05. The maximum absolute atomic E-state index is 5.36. The Labute approximate surface area is 94.9 Å². The highest BCUT2D eigenvalue weighted by Gasteiger charge is 2.25. The third-order valence-electron chi connectivity index (χ3n) is 3.10. The van der Waals surface area contributed by atoms with E-state index in [9.17, 15) is 0 Å². The van der Waals surface area contributed by atoms with Crippen LogP contribution in [0.2, 0.25) is 0 Å². The fraction of sp³-hybridized carbons (Fsp3) is 0.727. The molecule has 0 amide bonds. The number of aromatic nitrogens is 1. The predicted octanol–water partition coefficient (Wildman–Crippen LogP) is 2.36. The number of thiazole rings is 1. The maximum Gasteiger partial charge on any atom is 0.0795 e. The number of nitrogens with one attached hydrogen (secondary N) is 1.